The normalized spacial score (nSPS) is 18.8. The van der Waals surface area contributed by atoms with Gasteiger partial charge >= 0.3 is 0 Å². The van der Waals surface area contributed by atoms with Crippen LogP contribution >= 0.6 is 0 Å². The molecule has 166 valence electrons. The Bertz CT molecular complexity index is 1010. The van der Waals surface area contributed by atoms with Gasteiger partial charge in [-0.25, -0.2) is 0 Å². The predicted octanol–water partition coefficient (Wildman–Crippen LogP) is 2.73. The summed E-state index contributed by atoms with van der Waals surface area (Å²) in [5, 5.41) is 9.34. The maximum atomic E-state index is 13.0. The molecule has 1 atom stereocenters. The summed E-state index contributed by atoms with van der Waals surface area (Å²) in [5.74, 6) is 0.749. The SMILES string of the molecule is COc1ccc(CN2CC(OCc3ccccc3C#N)CN(C(=O)C3CC3)CC2=O)cc1. The van der Waals surface area contributed by atoms with Crippen molar-refractivity contribution in [3.05, 3.63) is 65.2 Å². The third-order valence-electron chi connectivity index (χ3n) is 5.91. The van der Waals surface area contributed by atoms with Crippen molar-refractivity contribution >= 4 is 11.8 Å². The topological polar surface area (TPSA) is 82.9 Å². The summed E-state index contributed by atoms with van der Waals surface area (Å²) in [6.45, 7) is 1.51. The molecule has 1 unspecified atom stereocenters. The lowest BCUT2D eigenvalue weighted by molar-refractivity contribution is -0.139. The first-order valence-corrected chi connectivity index (χ1v) is 10.9. The molecule has 2 fully saturated rings. The van der Waals surface area contributed by atoms with Gasteiger partial charge in [0.25, 0.3) is 0 Å². The van der Waals surface area contributed by atoms with Gasteiger partial charge < -0.3 is 19.3 Å². The van der Waals surface area contributed by atoms with Crippen LogP contribution in [-0.4, -0.2) is 54.5 Å². The van der Waals surface area contributed by atoms with Crippen LogP contribution in [0.25, 0.3) is 0 Å². The van der Waals surface area contributed by atoms with Crippen molar-refractivity contribution in [2.24, 2.45) is 5.92 Å². The van der Waals surface area contributed by atoms with Crippen LogP contribution in [0.4, 0.5) is 0 Å². The first kappa shape index (κ1) is 21.8. The molecular weight excluding hydrogens is 406 g/mol. The second kappa shape index (κ2) is 9.84. The number of amides is 2. The van der Waals surface area contributed by atoms with Gasteiger partial charge in [0.1, 0.15) is 5.75 Å². The van der Waals surface area contributed by atoms with Crippen LogP contribution in [0.2, 0.25) is 0 Å². The van der Waals surface area contributed by atoms with Gasteiger partial charge in [-0.15, -0.1) is 0 Å². The Morgan fingerprint density at radius 2 is 1.88 bits per heavy atom. The van der Waals surface area contributed by atoms with Crippen molar-refractivity contribution in [2.45, 2.75) is 32.1 Å². The average Bonchev–Trinajstić information content (AvgIpc) is 3.67. The third kappa shape index (κ3) is 5.27. The maximum Gasteiger partial charge on any atom is 0.242 e. The minimum atomic E-state index is -0.339. The van der Waals surface area contributed by atoms with E-state index in [9.17, 15) is 14.9 Å². The van der Waals surface area contributed by atoms with Crippen molar-refractivity contribution in [1.82, 2.24) is 9.80 Å². The molecule has 0 aromatic heterocycles. The van der Waals surface area contributed by atoms with E-state index in [-0.39, 0.29) is 37.0 Å². The molecule has 2 aliphatic rings. The summed E-state index contributed by atoms with van der Waals surface area (Å²) in [4.78, 5) is 29.2. The molecular formula is C25H27N3O4. The molecule has 2 amide bonds. The highest BCUT2D eigenvalue weighted by atomic mass is 16.5. The molecule has 0 spiro atoms. The molecule has 32 heavy (non-hydrogen) atoms. The van der Waals surface area contributed by atoms with Gasteiger partial charge in [-0.1, -0.05) is 30.3 Å². The summed E-state index contributed by atoms with van der Waals surface area (Å²) in [5.41, 5.74) is 2.35. The highest BCUT2D eigenvalue weighted by Gasteiger charge is 2.38. The lowest BCUT2D eigenvalue weighted by Crippen LogP contribution is -2.40. The fourth-order valence-electron chi connectivity index (χ4n) is 3.91. The van der Waals surface area contributed by atoms with Gasteiger partial charge in [0, 0.05) is 25.6 Å². The van der Waals surface area contributed by atoms with Crippen LogP contribution in [0, 0.1) is 17.2 Å². The Morgan fingerprint density at radius 1 is 1.12 bits per heavy atom. The Labute approximate surface area is 188 Å². The number of methoxy groups -OCH3 is 1. The lowest BCUT2D eigenvalue weighted by atomic mass is 10.1. The number of hydrogen-bond acceptors (Lipinski definition) is 5. The van der Waals surface area contributed by atoms with E-state index in [1.54, 1.807) is 23.0 Å². The first-order chi connectivity index (χ1) is 15.6. The minimum absolute atomic E-state index is 0.0377. The van der Waals surface area contributed by atoms with Crippen molar-refractivity contribution in [3.63, 3.8) is 0 Å². The van der Waals surface area contributed by atoms with Crippen molar-refractivity contribution in [3.8, 4) is 11.8 Å². The Morgan fingerprint density at radius 3 is 2.56 bits per heavy atom. The van der Waals surface area contributed by atoms with Crippen LogP contribution < -0.4 is 4.74 Å². The second-order valence-electron chi connectivity index (χ2n) is 8.32. The monoisotopic (exact) mass is 433 g/mol. The summed E-state index contributed by atoms with van der Waals surface area (Å²) in [7, 11) is 1.62. The van der Waals surface area contributed by atoms with Crippen LogP contribution in [0.3, 0.4) is 0 Å². The van der Waals surface area contributed by atoms with E-state index >= 15 is 0 Å². The molecule has 7 heteroatoms. The molecule has 0 bridgehead atoms. The van der Waals surface area contributed by atoms with Crippen molar-refractivity contribution in [1.29, 1.82) is 5.26 Å². The fraction of sp³-hybridized carbons (Fsp3) is 0.400. The van der Waals surface area contributed by atoms with Crippen molar-refractivity contribution in [2.75, 3.05) is 26.7 Å². The number of nitrogens with zero attached hydrogens (tertiary/aromatic N) is 3. The zero-order chi connectivity index (χ0) is 22.5. The molecule has 1 heterocycles. The Kier molecular flexibility index (Phi) is 6.72. The number of carbonyl (C=O) groups excluding carboxylic acids is 2. The molecule has 1 saturated carbocycles. The summed E-state index contributed by atoms with van der Waals surface area (Å²) in [6.07, 6.45) is 1.44. The first-order valence-electron chi connectivity index (χ1n) is 10.9. The quantitative estimate of drug-likeness (QED) is 0.671. The zero-order valence-electron chi connectivity index (χ0n) is 18.2. The van der Waals surface area contributed by atoms with E-state index in [0.717, 1.165) is 29.7 Å². The average molecular weight is 434 g/mol. The molecule has 7 nitrogen and oxygen atoms in total. The van der Waals surface area contributed by atoms with E-state index in [4.69, 9.17) is 9.47 Å². The maximum absolute atomic E-state index is 13.0. The van der Waals surface area contributed by atoms with E-state index in [0.29, 0.717) is 25.2 Å². The summed E-state index contributed by atoms with van der Waals surface area (Å²) in [6, 6.07) is 17.1. The molecule has 2 aromatic rings. The fourth-order valence-corrected chi connectivity index (χ4v) is 3.91. The van der Waals surface area contributed by atoms with Gasteiger partial charge in [-0.2, -0.15) is 5.26 Å². The molecule has 2 aromatic carbocycles. The predicted molar refractivity (Wildman–Crippen MR) is 117 cm³/mol. The molecule has 0 N–H and O–H groups in total. The standard InChI is InChI=1S/C25H27N3O4/c1-31-22-10-6-18(7-11-22)13-27-14-23(32-17-21-5-3-2-4-20(21)12-26)15-28(16-24(27)29)25(30)19-8-9-19/h2-7,10-11,19,23H,8-9,13-17H2,1H3. The third-order valence-corrected chi connectivity index (χ3v) is 5.91. The number of carbonyl (C=O) groups is 2. The van der Waals surface area contributed by atoms with Crippen LogP contribution in [0.15, 0.2) is 48.5 Å². The number of hydrogen-bond donors (Lipinski definition) is 0. The zero-order valence-corrected chi connectivity index (χ0v) is 18.2. The molecule has 1 saturated heterocycles. The Balaban J connectivity index is 1.50. The van der Waals surface area contributed by atoms with Crippen LogP contribution in [0.5, 0.6) is 5.75 Å². The summed E-state index contributed by atoms with van der Waals surface area (Å²) < 4.78 is 11.4. The molecule has 1 aliphatic heterocycles. The summed E-state index contributed by atoms with van der Waals surface area (Å²) >= 11 is 0. The van der Waals surface area contributed by atoms with Gasteiger partial charge in [0.2, 0.25) is 11.8 Å². The smallest absolute Gasteiger partial charge is 0.242 e. The second-order valence-corrected chi connectivity index (χ2v) is 8.32. The highest BCUT2D eigenvalue weighted by molar-refractivity contribution is 5.87. The van der Waals surface area contributed by atoms with E-state index in [2.05, 4.69) is 6.07 Å². The van der Waals surface area contributed by atoms with Crippen molar-refractivity contribution < 1.29 is 19.1 Å². The lowest BCUT2D eigenvalue weighted by Gasteiger charge is -2.25. The minimum Gasteiger partial charge on any atom is -0.497 e. The molecule has 0 radical (unpaired) electrons. The van der Waals surface area contributed by atoms with E-state index in [1.807, 2.05) is 42.5 Å². The largest absolute Gasteiger partial charge is 0.497 e. The van der Waals surface area contributed by atoms with Crippen LogP contribution in [0.1, 0.15) is 29.5 Å². The van der Waals surface area contributed by atoms with Gasteiger partial charge in [0.15, 0.2) is 0 Å². The number of benzene rings is 2. The van der Waals surface area contributed by atoms with E-state index in [1.165, 1.54) is 0 Å². The number of ether oxygens (including phenoxy) is 2. The van der Waals surface area contributed by atoms with Gasteiger partial charge in [-0.05, 0) is 42.2 Å². The number of nitriles is 1. The van der Waals surface area contributed by atoms with Gasteiger partial charge in [-0.3, -0.25) is 9.59 Å². The molecule has 4 rings (SSSR count). The number of rotatable bonds is 7. The Hall–Kier alpha value is -3.37. The van der Waals surface area contributed by atoms with E-state index < -0.39 is 0 Å². The van der Waals surface area contributed by atoms with Crippen LogP contribution in [-0.2, 0) is 27.5 Å². The highest BCUT2D eigenvalue weighted by Crippen LogP contribution is 2.31. The molecule has 1 aliphatic carbocycles. The van der Waals surface area contributed by atoms with Gasteiger partial charge in [0.05, 0.1) is 38.0 Å².